The van der Waals surface area contributed by atoms with E-state index in [2.05, 4.69) is 6.92 Å². The van der Waals surface area contributed by atoms with Gasteiger partial charge in [0.25, 0.3) is 0 Å². The Balaban J connectivity index is 1.20. The summed E-state index contributed by atoms with van der Waals surface area (Å²) in [6.07, 6.45) is 5.02. The van der Waals surface area contributed by atoms with Gasteiger partial charge in [-0.25, -0.2) is 4.79 Å². The quantitative estimate of drug-likeness (QED) is 0.742. The van der Waals surface area contributed by atoms with Crippen LogP contribution in [0.5, 0.6) is 0 Å². The van der Waals surface area contributed by atoms with Crippen LogP contribution in [0.2, 0.25) is 0 Å². The van der Waals surface area contributed by atoms with E-state index in [1.165, 1.54) is 25.7 Å². The van der Waals surface area contributed by atoms with Crippen molar-refractivity contribution in [3.63, 3.8) is 0 Å². The molecule has 1 aromatic rings. The molecule has 2 atom stereocenters. The van der Waals surface area contributed by atoms with Gasteiger partial charge in [-0.2, -0.15) is 0 Å². The molecule has 1 aromatic carbocycles. The minimum Gasteiger partial charge on any atom is -0.445 e. The van der Waals surface area contributed by atoms with Crippen LogP contribution in [0, 0.1) is 5.41 Å². The van der Waals surface area contributed by atoms with E-state index in [4.69, 9.17) is 14.2 Å². The fourth-order valence-electron chi connectivity index (χ4n) is 3.98. The van der Waals surface area contributed by atoms with Gasteiger partial charge in [-0.1, -0.05) is 30.3 Å². The second kappa shape index (κ2) is 6.96. The third-order valence-corrected chi connectivity index (χ3v) is 5.90. The molecule has 4 aliphatic rings. The standard InChI is InChI=1S/C20H27NO4/c1-15(24-13-20-9-7-17(8-10-20)25-14-20)18-11-21(18)19(22)23-12-16-5-3-2-4-6-16/h2-6,15,17-18H,7-14H2,1H3/t15-,17?,18?,20?,21?/m1/s1. The molecule has 4 fully saturated rings. The highest BCUT2D eigenvalue weighted by Crippen LogP contribution is 2.43. The summed E-state index contributed by atoms with van der Waals surface area (Å²) < 4.78 is 17.4. The first-order valence-electron chi connectivity index (χ1n) is 9.36. The molecule has 3 heterocycles. The molecule has 136 valence electrons. The highest BCUT2D eigenvalue weighted by molar-refractivity contribution is 5.71. The fourth-order valence-corrected chi connectivity index (χ4v) is 3.98. The molecule has 5 heteroatoms. The molecule has 25 heavy (non-hydrogen) atoms. The lowest BCUT2D eigenvalue weighted by Crippen LogP contribution is -2.46. The summed E-state index contributed by atoms with van der Waals surface area (Å²) in [5.41, 5.74) is 1.21. The fraction of sp³-hybridized carbons (Fsp3) is 0.650. The Morgan fingerprint density at radius 1 is 1.32 bits per heavy atom. The van der Waals surface area contributed by atoms with Gasteiger partial charge >= 0.3 is 6.09 Å². The Morgan fingerprint density at radius 3 is 2.76 bits per heavy atom. The Kier molecular flexibility index (Phi) is 4.69. The van der Waals surface area contributed by atoms with Crippen LogP contribution in [-0.2, 0) is 20.8 Å². The zero-order chi connectivity index (χ0) is 17.3. The Morgan fingerprint density at radius 2 is 2.08 bits per heavy atom. The van der Waals surface area contributed by atoms with E-state index in [1.54, 1.807) is 4.90 Å². The third kappa shape index (κ3) is 3.82. The minimum atomic E-state index is -0.246. The first-order valence-corrected chi connectivity index (χ1v) is 9.36. The van der Waals surface area contributed by atoms with E-state index in [-0.39, 0.29) is 23.7 Å². The summed E-state index contributed by atoms with van der Waals surface area (Å²) >= 11 is 0. The van der Waals surface area contributed by atoms with Gasteiger partial charge in [0.1, 0.15) is 6.61 Å². The minimum absolute atomic E-state index is 0.0401. The number of nitrogens with zero attached hydrogens (tertiary/aromatic N) is 1. The van der Waals surface area contributed by atoms with E-state index in [1.807, 2.05) is 30.3 Å². The maximum absolute atomic E-state index is 12.2. The van der Waals surface area contributed by atoms with Gasteiger partial charge in [-0.3, -0.25) is 4.90 Å². The number of rotatable bonds is 6. The number of carbonyl (C=O) groups is 1. The van der Waals surface area contributed by atoms with Crippen LogP contribution >= 0.6 is 0 Å². The molecule has 5 nitrogen and oxygen atoms in total. The van der Waals surface area contributed by atoms with Gasteiger partial charge in [-0.15, -0.1) is 0 Å². The number of amides is 1. The molecule has 1 unspecified atom stereocenters. The van der Waals surface area contributed by atoms with E-state index < -0.39 is 0 Å². The average molecular weight is 345 g/mol. The summed E-state index contributed by atoms with van der Waals surface area (Å²) in [5, 5.41) is 0. The van der Waals surface area contributed by atoms with E-state index in [9.17, 15) is 4.79 Å². The molecule has 0 radical (unpaired) electrons. The number of hydrogen-bond acceptors (Lipinski definition) is 4. The van der Waals surface area contributed by atoms with Crippen LogP contribution in [-0.4, -0.2) is 49.0 Å². The number of carbonyl (C=O) groups excluding carboxylic acids is 1. The highest BCUT2D eigenvalue weighted by atomic mass is 16.6. The predicted molar refractivity (Wildman–Crippen MR) is 93.2 cm³/mol. The van der Waals surface area contributed by atoms with Crippen LogP contribution in [0.25, 0.3) is 0 Å². The number of fused-ring (bicyclic) bond motifs is 3. The topological polar surface area (TPSA) is 47.8 Å². The van der Waals surface area contributed by atoms with Crippen molar-refractivity contribution in [1.82, 2.24) is 4.90 Å². The van der Waals surface area contributed by atoms with Crippen LogP contribution in [0.3, 0.4) is 0 Å². The molecule has 1 amide bonds. The SMILES string of the molecule is C[C@@H](OCC12CCC(CC1)OC2)C1CN1C(=O)OCc1ccccc1. The molecule has 1 saturated carbocycles. The molecule has 0 N–H and O–H groups in total. The molecule has 3 aliphatic heterocycles. The first kappa shape index (κ1) is 16.9. The lowest BCUT2D eigenvalue weighted by Gasteiger charge is -2.46. The summed E-state index contributed by atoms with van der Waals surface area (Å²) in [6.45, 7) is 4.67. The number of benzene rings is 1. The van der Waals surface area contributed by atoms with Gasteiger partial charge in [0.2, 0.25) is 0 Å². The predicted octanol–water partition coefficient (Wildman–Crippen LogP) is 3.37. The first-order chi connectivity index (χ1) is 12.2. The molecule has 2 bridgehead atoms. The van der Waals surface area contributed by atoms with Crippen LogP contribution in [0.4, 0.5) is 4.79 Å². The van der Waals surface area contributed by atoms with E-state index >= 15 is 0 Å². The van der Waals surface area contributed by atoms with E-state index in [0.29, 0.717) is 12.7 Å². The van der Waals surface area contributed by atoms with Crippen molar-refractivity contribution in [2.24, 2.45) is 5.41 Å². The number of hydrogen-bond donors (Lipinski definition) is 0. The highest BCUT2D eigenvalue weighted by Gasteiger charge is 2.46. The molecule has 3 saturated heterocycles. The van der Waals surface area contributed by atoms with Crippen molar-refractivity contribution < 1.29 is 19.0 Å². The normalized spacial score (nSPS) is 31.6. The van der Waals surface area contributed by atoms with Crippen molar-refractivity contribution in [2.75, 3.05) is 19.8 Å². The van der Waals surface area contributed by atoms with Crippen LogP contribution in [0.15, 0.2) is 30.3 Å². The Labute approximate surface area is 149 Å². The van der Waals surface area contributed by atoms with Crippen molar-refractivity contribution in [3.8, 4) is 0 Å². The zero-order valence-electron chi connectivity index (χ0n) is 14.9. The van der Waals surface area contributed by atoms with Crippen LogP contribution in [0.1, 0.15) is 38.2 Å². The van der Waals surface area contributed by atoms with Crippen molar-refractivity contribution >= 4 is 6.09 Å². The van der Waals surface area contributed by atoms with Gasteiger partial charge in [-0.05, 0) is 38.2 Å². The molecule has 0 aromatic heterocycles. The second-order valence-electron chi connectivity index (χ2n) is 7.79. The van der Waals surface area contributed by atoms with Gasteiger partial charge in [0, 0.05) is 12.0 Å². The van der Waals surface area contributed by atoms with Gasteiger partial charge < -0.3 is 14.2 Å². The summed E-state index contributed by atoms with van der Waals surface area (Å²) in [6, 6.07) is 9.90. The lowest BCUT2D eigenvalue weighted by molar-refractivity contribution is -0.149. The van der Waals surface area contributed by atoms with Gasteiger partial charge in [0.05, 0.1) is 31.5 Å². The zero-order valence-corrected chi connectivity index (χ0v) is 14.9. The monoisotopic (exact) mass is 345 g/mol. The number of ether oxygens (including phenoxy) is 3. The smallest absolute Gasteiger partial charge is 0.410 e. The van der Waals surface area contributed by atoms with E-state index in [0.717, 1.165) is 25.3 Å². The largest absolute Gasteiger partial charge is 0.445 e. The molecule has 1 aliphatic carbocycles. The summed E-state index contributed by atoms with van der Waals surface area (Å²) in [7, 11) is 0. The van der Waals surface area contributed by atoms with Crippen LogP contribution < -0.4 is 0 Å². The van der Waals surface area contributed by atoms with Gasteiger partial charge in [0.15, 0.2) is 0 Å². The average Bonchev–Trinajstić information content (AvgIpc) is 3.48. The Bertz CT molecular complexity index is 583. The Hall–Kier alpha value is -1.59. The second-order valence-corrected chi connectivity index (χ2v) is 7.79. The molecular formula is C20H27NO4. The summed E-state index contributed by atoms with van der Waals surface area (Å²) in [4.78, 5) is 13.9. The van der Waals surface area contributed by atoms with Crippen molar-refractivity contribution in [2.45, 2.75) is 57.5 Å². The molecular weight excluding hydrogens is 318 g/mol. The summed E-state index contributed by atoms with van der Waals surface area (Å²) in [5.74, 6) is 0. The molecule has 5 rings (SSSR count). The van der Waals surface area contributed by atoms with Crippen molar-refractivity contribution in [3.05, 3.63) is 35.9 Å². The lowest BCUT2D eigenvalue weighted by atomic mass is 9.72. The maximum Gasteiger partial charge on any atom is 0.410 e. The maximum atomic E-state index is 12.2. The third-order valence-electron chi connectivity index (χ3n) is 5.90. The van der Waals surface area contributed by atoms with Crippen molar-refractivity contribution in [1.29, 1.82) is 0 Å². The molecule has 0 spiro atoms.